The summed E-state index contributed by atoms with van der Waals surface area (Å²) >= 11 is 2.15. The summed E-state index contributed by atoms with van der Waals surface area (Å²) in [6, 6.07) is 9.08. The molecule has 0 spiro atoms. The standard InChI is InChI=1S/C18H24N2S/c1-19-18(13-21-15-7-3-2-4-8-15)16-9-5-6-14-10-11-20-12-17(14)16/h5-6,9-12,15,18-19H,2-4,7-8,13H2,1H3. The monoisotopic (exact) mass is 300 g/mol. The van der Waals surface area contributed by atoms with Crippen molar-refractivity contribution in [3.8, 4) is 0 Å². The number of pyridine rings is 1. The molecule has 1 heterocycles. The largest absolute Gasteiger partial charge is 0.312 e. The van der Waals surface area contributed by atoms with Crippen molar-refractivity contribution in [3.63, 3.8) is 0 Å². The minimum Gasteiger partial charge on any atom is -0.312 e. The molecular weight excluding hydrogens is 276 g/mol. The number of aromatic nitrogens is 1. The SMILES string of the molecule is CNC(CSC1CCCCC1)c1cccc2ccncc12. The van der Waals surface area contributed by atoms with Crippen molar-refractivity contribution in [1.82, 2.24) is 10.3 Å². The second-order valence-electron chi connectivity index (χ2n) is 5.88. The van der Waals surface area contributed by atoms with E-state index in [2.05, 4.69) is 53.4 Å². The predicted molar refractivity (Wildman–Crippen MR) is 92.9 cm³/mol. The Balaban J connectivity index is 1.75. The number of benzene rings is 1. The molecule has 3 rings (SSSR count). The lowest BCUT2D eigenvalue weighted by Gasteiger charge is -2.24. The highest BCUT2D eigenvalue weighted by Gasteiger charge is 2.18. The zero-order valence-electron chi connectivity index (χ0n) is 12.7. The number of hydrogen-bond donors (Lipinski definition) is 1. The summed E-state index contributed by atoms with van der Waals surface area (Å²) in [6.45, 7) is 0. The van der Waals surface area contributed by atoms with E-state index in [0.717, 1.165) is 11.0 Å². The summed E-state index contributed by atoms with van der Waals surface area (Å²) in [6.07, 6.45) is 10.9. The van der Waals surface area contributed by atoms with Crippen LogP contribution in [-0.2, 0) is 0 Å². The average molecular weight is 300 g/mol. The zero-order valence-corrected chi connectivity index (χ0v) is 13.5. The minimum absolute atomic E-state index is 0.407. The molecule has 1 aromatic carbocycles. The predicted octanol–water partition coefficient (Wildman–Crippen LogP) is 4.56. The lowest BCUT2D eigenvalue weighted by atomic mass is 10.0. The van der Waals surface area contributed by atoms with Crippen molar-refractivity contribution in [2.24, 2.45) is 0 Å². The van der Waals surface area contributed by atoms with Gasteiger partial charge in [0.15, 0.2) is 0 Å². The molecule has 0 aliphatic heterocycles. The molecule has 1 saturated carbocycles. The third-order valence-corrected chi connectivity index (χ3v) is 5.96. The summed E-state index contributed by atoms with van der Waals surface area (Å²) < 4.78 is 0. The van der Waals surface area contributed by atoms with Gasteiger partial charge in [-0.3, -0.25) is 4.98 Å². The van der Waals surface area contributed by atoms with Crippen LogP contribution < -0.4 is 5.32 Å². The molecule has 1 aliphatic carbocycles. The van der Waals surface area contributed by atoms with E-state index in [1.165, 1.54) is 48.4 Å². The lowest BCUT2D eigenvalue weighted by molar-refractivity contribution is 0.515. The Bertz CT molecular complexity index is 573. The van der Waals surface area contributed by atoms with Gasteiger partial charge in [0.05, 0.1) is 0 Å². The van der Waals surface area contributed by atoms with Crippen LogP contribution in [0, 0.1) is 0 Å². The normalized spacial score (nSPS) is 18.0. The molecule has 0 saturated heterocycles. The molecule has 0 amide bonds. The van der Waals surface area contributed by atoms with E-state index >= 15 is 0 Å². The quantitative estimate of drug-likeness (QED) is 0.876. The van der Waals surface area contributed by atoms with Crippen molar-refractivity contribution in [2.45, 2.75) is 43.4 Å². The van der Waals surface area contributed by atoms with Gasteiger partial charge in [-0.25, -0.2) is 0 Å². The van der Waals surface area contributed by atoms with Crippen LogP contribution in [0.1, 0.15) is 43.7 Å². The number of rotatable bonds is 5. The maximum Gasteiger partial charge on any atom is 0.0416 e. The maximum atomic E-state index is 4.31. The van der Waals surface area contributed by atoms with E-state index in [4.69, 9.17) is 0 Å². The smallest absolute Gasteiger partial charge is 0.0416 e. The van der Waals surface area contributed by atoms with Crippen LogP contribution in [0.2, 0.25) is 0 Å². The van der Waals surface area contributed by atoms with Gasteiger partial charge in [-0.1, -0.05) is 37.5 Å². The van der Waals surface area contributed by atoms with Gasteiger partial charge in [-0.2, -0.15) is 11.8 Å². The molecule has 2 nitrogen and oxygen atoms in total. The Morgan fingerprint density at radius 2 is 2.10 bits per heavy atom. The topological polar surface area (TPSA) is 24.9 Å². The number of hydrogen-bond acceptors (Lipinski definition) is 3. The first-order valence-corrected chi connectivity index (χ1v) is 9.05. The molecule has 0 radical (unpaired) electrons. The van der Waals surface area contributed by atoms with Gasteiger partial charge in [0.1, 0.15) is 0 Å². The molecule has 0 bridgehead atoms. The van der Waals surface area contributed by atoms with E-state index in [1.807, 2.05) is 12.4 Å². The van der Waals surface area contributed by atoms with Gasteiger partial charge < -0.3 is 5.32 Å². The highest BCUT2D eigenvalue weighted by Crippen LogP contribution is 2.32. The molecule has 1 N–H and O–H groups in total. The molecule has 1 fully saturated rings. The third kappa shape index (κ3) is 3.58. The summed E-state index contributed by atoms with van der Waals surface area (Å²) in [5.74, 6) is 1.15. The van der Waals surface area contributed by atoms with Crippen LogP contribution in [0.25, 0.3) is 10.8 Å². The summed E-state index contributed by atoms with van der Waals surface area (Å²) in [4.78, 5) is 4.31. The van der Waals surface area contributed by atoms with Crippen LogP contribution >= 0.6 is 11.8 Å². The fraction of sp³-hybridized carbons (Fsp3) is 0.500. The van der Waals surface area contributed by atoms with Gasteiger partial charge in [-0.15, -0.1) is 0 Å². The first-order valence-electron chi connectivity index (χ1n) is 8.00. The molecule has 1 aliphatic rings. The van der Waals surface area contributed by atoms with Crippen LogP contribution in [0.5, 0.6) is 0 Å². The second-order valence-corrected chi connectivity index (χ2v) is 7.21. The Kier molecular flexibility index (Phi) is 5.15. The van der Waals surface area contributed by atoms with Crippen molar-refractivity contribution < 1.29 is 0 Å². The molecule has 1 atom stereocenters. The molecule has 112 valence electrons. The van der Waals surface area contributed by atoms with E-state index in [-0.39, 0.29) is 0 Å². The molecule has 1 aromatic heterocycles. The Morgan fingerprint density at radius 1 is 1.24 bits per heavy atom. The van der Waals surface area contributed by atoms with Gasteiger partial charge in [0, 0.05) is 34.8 Å². The van der Waals surface area contributed by atoms with Crippen LogP contribution in [0.4, 0.5) is 0 Å². The van der Waals surface area contributed by atoms with Crippen molar-refractivity contribution in [3.05, 3.63) is 42.2 Å². The number of nitrogens with zero attached hydrogens (tertiary/aromatic N) is 1. The van der Waals surface area contributed by atoms with Crippen LogP contribution in [-0.4, -0.2) is 23.0 Å². The van der Waals surface area contributed by atoms with E-state index < -0.39 is 0 Å². The fourth-order valence-electron chi connectivity index (χ4n) is 3.23. The van der Waals surface area contributed by atoms with Crippen LogP contribution in [0.15, 0.2) is 36.7 Å². The maximum absolute atomic E-state index is 4.31. The van der Waals surface area contributed by atoms with Gasteiger partial charge in [-0.05, 0) is 36.9 Å². The highest BCUT2D eigenvalue weighted by atomic mass is 32.2. The van der Waals surface area contributed by atoms with Gasteiger partial charge in [0.25, 0.3) is 0 Å². The molecule has 2 aromatic rings. The highest BCUT2D eigenvalue weighted by molar-refractivity contribution is 7.99. The minimum atomic E-state index is 0.407. The summed E-state index contributed by atoms with van der Waals surface area (Å²) in [5, 5.41) is 6.93. The third-order valence-electron chi connectivity index (χ3n) is 4.49. The fourth-order valence-corrected chi connectivity index (χ4v) is 4.71. The number of thioether (sulfide) groups is 1. The van der Waals surface area contributed by atoms with Crippen molar-refractivity contribution in [2.75, 3.05) is 12.8 Å². The lowest BCUT2D eigenvalue weighted by Crippen LogP contribution is -2.21. The van der Waals surface area contributed by atoms with Gasteiger partial charge >= 0.3 is 0 Å². The van der Waals surface area contributed by atoms with E-state index in [1.54, 1.807) is 0 Å². The Labute approximate surface area is 131 Å². The van der Waals surface area contributed by atoms with Crippen LogP contribution in [0.3, 0.4) is 0 Å². The number of nitrogens with one attached hydrogen (secondary N) is 1. The van der Waals surface area contributed by atoms with Gasteiger partial charge in [0.2, 0.25) is 0 Å². The Morgan fingerprint density at radius 3 is 2.90 bits per heavy atom. The second kappa shape index (κ2) is 7.28. The molecule has 3 heteroatoms. The van der Waals surface area contributed by atoms with E-state index in [0.29, 0.717) is 6.04 Å². The van der Waals surface area contributed by atoms with Crippen molar-refractivity contribution in [1.29, 1.82) is 0 Å². The molecular formula is C18H24N2S. The first kappa shape index (κ1) is 14.9. The molecule has 1 unspecified atom stereocenters. The zero-order chi connectivity index (χ0) is 14.5. The average Bonchev–Trinajstić information content (AvgIpc) is 2.56. The first-order chi connectivity index (χ1) is 10.4. The summed E-state index contributed by atoms with van der Waals surface area (Å²) in [5.41, 5.74) is 1.38. The summed E-state index contributed by atoms with van der Waals surface area (Å²) in [7, 11) is 2.07. The van der Waals surface area contributed by atoms with Crippen molar-refractivity contribution >= 4 is 22.5 Å². The van der Waals surface area contributed by atoms with E-state index in [9.17, 15) is 0 Å². The number of fused-ring (bicyclic) bond motifs is 1. The Hall–Kier alpha value is -1.06. The molecule has 21 heavy (non-hydrogen) atoms.